The smallest absolute Gasteiger partial charge is 0.319 e. The third-order valence-corrected chi connectivity index (χ3v) is 4.77. The topological polar surface area (TPSA) is 26.3 Å². The summed E-state index contributed by atoms with van der Waals surface area (Å²) in [4.78, 5) is 11.5. The molecule has 0 radical (unpaired) electrons. The monoisotopic (exact) mass is 248 g/mol. The number of hydrogen-bond donors (Lipinski definition) is 0. The van der Waals surface area contributed by atoms with E-state index in [-0.39, 0.29) is 5.97 Å². The van der Waals surface area contributed by atoms with Gasteiger partial charge in [-0.3, -0.25) is 0 Å². The standard InChI is InChI=1S/C14H20O2Si/c1-12(2)14(15)16-17(3,4)11-10-13-8-6-5-7-9-13/h5-9H,1,10-11H2,2-4H3. The Labute approximate surface area is 104 Å². The highest BCUT2D eigenvalue weighted by atomic mass is 28.4. The summed E-state index contributed by atoms with van der Waals surface area (Å²) in [5.41, 5.74) is 1.77. The summed E-state index contributed by atoms with van der Waals surface area (Å²) in [6.07, 6.45) is 0.962. The van der Waals surface area contributed by atoms with E-state index < -0.39 is 8.32 Å². The van der Waals surface area contributed by atoms with Gasteiger partial charge in [0, 0.05) is 5.57 Å². The van der Waals surface area contributed by atoms with Crippen molar-refractivity contribution < 1.29 is 9.22 Å². The largest absolute Gasteiger partial charge is 0.516 e. The summed E-state index contributed by atoms with van der Waals surface area (Å²) in [6.45, 7) is 9.42. The quantitative estimate of drug-likeness (QED) is 0.588. The molecule has 0 aliphatic carbocycles. The van der Waals surface area contributed by atoms with Crippen molar-refractivity contribution in [2.24, 2.45) is 0 Å². The van der Waals surface area contributed by atoms with E-state index in [0.717, 1.165) is 12.5 Å². The molecule has 0 saturated carbocycles. The van der Waals surface area contributed by atoms with Crippen LogP contribution in [0.1, 0.15) is 12.5 Å². The summed E-state index contributed by atoms with van der Waals surface area (Å²) >= 11 is 0. The van der Waals surface area contributed by atoms with E-state index in [1.165, 1.54) is 5.56 Å². The Hall–Kier alpha value is -1.35. The van der Waals surface area contributed by atoms with Crippen molar-refractivity contribution in [1.82, 2.24) is 0 Å². The third-order valence-electron chi connectivity index (χ3n) is 2.58. The molecule has 2 nitrogen and oxygen atoms in total. The summed E-state index contributed by atoms with van der Waals surface area (Å²) in [6, 6.07) is 11.2. The minimum absolute atomic E-state index is 0.255. The Kier molecular flexibility index (Phi) is 4.69. The lowest BCUT2D eigenvalue weighted by atomic mass is 10.2. The second kappa shape index (κ2) is 5.82. The number of rotatable bonds is 5. The van der Waals surface area contributed by atoms with Gasteiger partial charge in [0.05, 0.1) is 0 Å². The van der Waals surface area contributed by atoms with Crippen LogP contribution in [0.3, 0.4) is 0 Å². The summed E-state index contributed by atoms with van der Waals surface area (Å²) in [7, 11) is -1.92. The number of benzene rings is 1. The molecule has 0 aliphatic rings. The molecule has 0 aromatic heterocycles. The van der Waals surface area contributed by atoms with Gasteiger partial charge < -0.3 is 4.43 Å². The molecule has 1 aromatic carbocycles. The molecule has 0 heterocycles. The van der Waals surface area contributed by atoms with Gasteiger partial charge in [-0.2, -0.15) is 0 Å². The first-order valence-electron chi connectivity index (χ1n) is 5.83. The molecule has 0 unspecified atom stereocenters. The predicted octanol–water partition coefficient (Wildman–Crippen LogP) is 3.55. The van der Waals surface area contributed by atoms with E-state index in [9.17, 15) is 4.79 Å². The predicted molar refractivity (Wildman–Crippen MR) is 73.3 cm³/mol. The molecule has 0 aliphatic heterocycles. The Balaban J connectivity index is 2.50. The van der Waals surface area contributed by atoms with Gasteiger partial charge in [-0.15, -0.1) is 0 Å². The number of carbonyl (C=O) groups is 1. The van der Waals surface area contributed by atoms with E-state index in [0.29, 0.717) is 5.57 Å². The van der Waals surface area contributed by atoms with Crippen LogP contribution in [-0.4, -0.2) is 14.3 Å². The zero-order valence-corrected chi connectivity index (χ0v) is 11.8. The fourth-order valence-corrected chi connectivity index (χ4v) is 3.15. The van der Waals surface area contributed by atoms with Crippen LogP contribution in [0.5, 0.6) is 0 Å². The maximum Gasteiger partial charge on any atom is 0.319 e. The van der Waals surface area contributed by atoms with Gasteiger partial charge in [-0.1, -0.05) is 36.9 Å². The van der Waals surface area contributed by atoms with Crippen LogP contribution < -0.4 is 0 Å². The maximum absolute atomic E-state index is 11.5. The fourth-order valence-electron chi connectivity index (χ4n) is 1.48. The van der Waals surface area contributed by atoms with Crippen molar-refractivity contribution in [3.63, 3.8) is 0 Å². The minimum Gasteiger partial charge on any atom is -0.516 e. The molecule has 0 spiro atoms. The molecule has 0 bridgehead atoms. The highest BCUT2D eigenvalue weighted by Crippen LogP contribution is 2.16. The Morgan fingerprint density at radius 1 is 1.29 bits per heavy atom. The number of carbonyl (C=O) groups excluding carboxylic acids is 1. The summed E-state index contributed by atoms with van der Waals surface area (Å²) in [5.74, 6) is -0.255. The molecule has 1 aromatic rings. The molecule has 0 amide bonds. The molecular weight excluding hydrogens is 228 g/mol. The first-order chi connectivity index (χ1) is 7.91. The van der Waals surface area contributed by atoms with Crippen molar-refractivity contribution in [1.29, 1.82) is 0 Å². The summed E-state index contributed by atoms with van der Waals surface area (Å²) < 4.78 is 5.52. The molecule has 92 valence electrons. The zero-order valence-electron chi connectivity index (χ0n) is 10.8. The lowest BCUT2D eigenvalue weighted by Gasteiger charge is -2.22. The molecule has 0 saturated heterocycles. The Morgan fingerprint density at radius 3 is 2.41 bits per heavy atom. The van der Waals surface area contributed by atoms with Crippen LogP contribution in [0.15, 0.2) is 42.5 Å². The molecule has 0 N–H and O–H groups in total. The highest BCUT2D eigenvalue weighted by molar-refractivity contribution is 6.72. The van der Waals surface area contributed by atoms with E-state index in [2.05, 4.69) is 31.8 Å². The van der Waals surface area contributed by atoms with E-state index in [1.54, 1.807) is 6.92 Å². The van der Waals surface area contributed by atoms with Crippen molar-refractivity contribution in [3.8, 4) is 0 Å². The summed E-state index contributed by atoms with van der Waals surface area (Å²) in [5, 5.41) is 0. The van der Waals surface area contributed by atoms with E-state index in [1.807, 2.05) is 18.2 Å². The average Bonchev–Trinajstić information content (AvgIpc) is 2.27. The minimum atomic E-state index is -1.92. The molecule has 0 atom stereocenters. The van der Waals surface area contributed by atoms with Gasteiger partial charge in [0.1, 0.15) is 0 Å². The van der Waals surface area contributed by atoms with Gasteiger partial charge >= 0.3 is 5.97 Å². The fraction of sp³-hybridized carbons (Fsp3) is 0.357. The SMILES string of the molecule is C=C(C)C(=O)O[Si](C)(C)CCc1ccccc1. The van der Waals surface area contributed by atoms with Gasteiger partial charge in [-0.25, -0.2) is 4.79 Å². The first kappa shape index (κ1) is 13.7. The van der Waals surface area contributed by atoms with E-state index >= 15 is 0 Å². The second-order valence-electron chi connectivity index (χ2n) is 4.92. The van der Waals surface area contributed by atoms with Crippen LogP contribution in [-0.2, 0) is 15.6 Å². The first-order valence-corrected chi connectivity index (χ1v) is 8.95. The number of hydrogen-bond acceptors (Lipinski definition) is 2. The third kappa shape index (κ3) is 5.00. The van der Waals surface area contributed by atoms with Crippen molar-refractivity contribution in [2.45, 2.75) is 32.5 Å². The molecular formula is C14H20O2Si. The Morgan fingerprint density at radius 2 is 1.88 bits per heavy atom. The van der Waals surface area contributed by atoms with Gasteiger partial charge in [-0.05, 0) is 38.0 Å². The van der Waals surface area contributed by atoms with Gasteiger partial charge in [0.15, 0.2) is 0 Å². The molecule has 17 heavy (non-hydrogen) atoms. The van der Waals surface area contributed by atoms with Crippen LogP contribution >= 0.6 is 0 Å². The molecule has 1 rings (SSSR count). The van der Waals surface area contributed by atoms with Crippen LogP contribution in [0, 0.1) is 0 Å². The van der Waals surface area contributed by atoms with Crippen LogP contribution in [0.25, 0.3) is 0 Å². The lowest BCUT2D eigenvalue weighted by Crippen LogP contribution is -2.34. The second-order valence-corrected chi connectivity index (χ2v) is 9.14. The Bertz CT molecular complexity index is 396. The van der Waals surface area contributed by atoms with Crippen LogP contribution in [0.4, 0.5) is 0 Å². The lowest BCUT2D eigenvalue weighted by molar-refractivity contribution is -0.130. The zero-order chi connectivity index (χ0) is 12.9. The van der Waals surface area contributed by atoms with E-state index in [4.69, 9.17) is 4.43 Å². The normalized spacial score (nSPS) is 11.0. The van der Waals surface area contributed by atoms with Crippen LogP contribution in [0.2, 0.25) is 19.1 Å². The van der Waals surface area contributed by atoms with Crippen molar-refractivity contribution in [2.75, 3.05) is 0 Å². The molecule has 0 fully saturated rings. The number of aryl methyl sites for hydroxylation is 1. The average molecular weight is 248 g/mol. The molecule has 3 heteroatoms. The van der Waals surface area contributed by atoms with Gasteiger partial charge in [0.25, 0.3) is 0 Å². The van der Waals surface area contributed by atoms with Crippen molar-refractivity contribution >= 4 is 14.3 Å². The highest BCUT2D eigenvalue weighted by Gasteiger charge is 2.26. The maximum atomic E-state index is 11.5. The van der Waals surface area contributed by atoms with Crippen molar-refractivity contribution in [3.05, 3.63) is 48.0 Å². The van der Waals surface area contributed by atoms with Gasteiger partial charge in [0.2, 0.25) is 8.32 Å².